The van der Waals surface area contributed by atoms with Gasteiger partial charge < -0.3 is 10.0 Å². The first-order valence-electron chi connectivity index (χ1n) is 5.70. The first kappa shape index (κ1) is 14.0. The summed E-state index contributed by atoms with van der Waals surface area (Å²) >= 11 is 1.29. The molecule has 1 aromatic rings. The van der Waals surface area contributed by atoms with E-state index in [2.05, 4.69) is 0 Å². The molecule has 1 N–H and O–H groups in total. The van der Waals surface area contributed by atoms with E-state index < -0.39 is 16.8 Å². The van der Waals surface area contributed by atoms with E-state index in [9.17, 15) is 13.8 Å². The molecule has 1 aromatic heterocycles. The third-order valence-electron chi connectivity index (χ3n) is 2.76. The lowest BCUT2D eigenvalue weighted by molar-refractivity contribution is -0.131. The molecule has 0 atom stereocenters. The van der Waals surface area contributed by atoms with Gasteiger partial charge in [0.05, 0.1) is 4.88 Å². The van der Waals surface area contributed by atoms with E-state index in [1.54, 1.807) is 16.3 Å². The van der Waals surface area contributed by atoms with E-state index in [1.165, 1.54) is 17.4 Å². The Morgan fingerprint density at radius 1 is 1.37 bits per heavy atom. The van der Waals surface area contributed by atoms with Crippen LogP contribution in [0, 0.1) is 0 Å². The van der Waals surface area contributed by atoms with Crippen molar-refractivity contribution < 1.29 is 18.9 Å². The van der Waals surface area contributed by atoms with Gasteiger partial charge in [0.1, 0.15) is 0 Å². The molecule has 1 aliphatic rings. The van der Waals surface area contributed by atoms with E-state index in [1.807, 2.05) is 0 Å². The summed E-state index contributed by atoms with van der Waals surface area (Å²) in [5, 5.41) is 10.4. The van der Waals surface area contributed by atoms with Crippen molar-refractivity contribution in [2.45, 2.75) is 0 Å². The van der Waals surface area contributed by atoms with Gasteiger partial charge in [-0.25, -0.2) is 4.79 Å². The standard InChI is InChI=1S/C12H13NO4S2/c14-10(15)2-1-9-3-6-18-11(9)12(16)13-4-7-19(17)8-5-13/h1-3,6H,4-5,7-8H2,(H,14,15)/b2-1+. The fourth-order valence-electron chi connectivity index (χ4n) is 1.77. The molecule has 2 heterocycles. The molecule has 0 bridgehead atoms. The number of carbonyl (C=O) groups excluding carboxylic acids is 1. The summed E-state index contributed by atoms with van der Waals surface area (Å²) in [4.78, 5) is 25.0. The van der Waals surface area contributed by atoms with Gasteiger partial charge in [-0.15, -0.1) is 11.3 Å². The molecule has 0 spiro atoms. The number of aliphatic carboxylic acids is 1. The largest absolute Gasteiger partial charge is 0.478 e. The molecule has 0 unspecified atom stereocenters. The molecule has 1 aliphatic heterocycles. The summed E-state index contributed by atoms with van der Waals surface area (Å²) in [5.41, 5.74) is 0.615. The SMILES string of the molecule is O=C(O)/C=C/c1ccsc1C(=O)N1CCS(=O)CC1. The highest BCUT2D eigenvalue weighted by molar-refractivity contribution is 7.85. The van der Waals surface area contributed by atoms with Crippen LogP contribution in [0.2, 0.25) is 0 Å². The summed E-state index contributed by atoms with van der Waals surface area (Å²) in [6.45, 7) is 0.983. The van der Waals surface area contributed by atoms with E-state index in [0.717, 1.165) is 6.08 Å². The summed E-state index contributed by atoms with van der Waals surface area (Å²) in [7, 11) is -0.821. The minimum atomic E-state index is -1.04. The Morgan fingerprint density at radius 2 is 2.05 bits per heavy atom. The molecule has 102 valence electrons. The average molecular weight is 299 g/mol. The number of hydrogen-bond donors (Lipinski definition) is 1. The highest BCUT2D eigenvalue weighted by Gasteiger charge is 2.23. The van der Waals surface area contributed by atoms with Crippen LogP contribution in [0.3, 0.4) is 0 Å². The summed E-state index contributed by atoms with van der Waals surface area (Å²) < 4.78 is 11.3. The van der Waals surface area contributed by atoms with Crippen molar-refractivity contribution in [3.63, 3.8) is 0 Å². The van der Waals surface area contributed by atoms with E-state index in [0.29, 0.717) is 35.0 Å². The van der Waals surface area contributed by atoms with Crippen molar-refractivity contribution in [2.75, 3.05) is 24.6 Å². The maximum Gasteiger partial charge on any atom is 0.328 e. The summed E-state index contributed by atoms with van der Waals surface area (Å²) in [6.07, 6.45) is 2.44. The molecule has 2 rings (SSSR count). The Hall–Kier alpha value is -1.47. The lowest BCUT2D eigenvalue weighted by Crippen LogP contribution is -2.41. The van der Waals surface area contributed by atoms with Gasteiger partial charge >= 0.3 is 5.97 Å². The molecular formula is C12H13NO4S2. The molecule has 7 heteroatoms. The Kier molecular flexibility index (Phi) is 4.49. The smallest absolute Gasteiger partial charge is 0.328 e. The fourth-order valence-corrected chi connectivity index (χ4v) is 3.67. The van der Waals surface area contributed by atoms with Crippen LogP contribution in [0.25, 0.3) is 6.08 Å². The zero-order valence-corrected chi connectivity index (χ0v) is 11.7. The van der Waals surface area contributed by atoms with E-state index in [4.69, 9.17) is 5.11 Å². The van der Waals surface area contributed by atoms with Gasteiger partial charge in [0.2, 0.25) is 0 Å². The Labute approximate surface area is 117 Å². The predicted molar refractivity (Wildman–Crippen MR) is 74.8 cm³/mol. The van der Waals surface area contributed by atoms with Gasteiger partial charge in [0, 0.05) is 41.5 Å². The maximum atomic E-state index is 12.3. The van der Waals surface area contributed by atoms with Crippen LogP contribution in [0.5, 0.6) is 0 Å². The van der Waals surface area contributed by atoms with Gasteiger partial charge in [-0.3, -0.25) is 9.00 Å². The van der Waals surface area contributed by atoms with Gasteiger partial charge in [-0.2, -0.15) is 0 Å². The van der Waals surface area contributed by atoms with Crippen LogP contribution in [-0.2, 0) is 15.6 Å². The topological polar surface area (TPSA) is 74.7 Å². The van der Waals surface area contributed by atoms with Crippen molar-refractivity contribution in [2.24, 2.45) is 0 Å². The van der Waals surface area contributed by atoms with Gasteiger partial charge in [0.25, 0.3) is 5.91 Å². The highest BCUT2D eigenvalue weighted by atomic mass is 32.2. The monoisotopic (exact) mass is 299 g/mol. The van der Waals surface area contributed by atoms with Crippen LogP contribution in [0.4, 0.5) is 0 Å². The molecule has 0 saturated carbocycles. The fraction of sp³-hybridized carbons (Fsp3) is 0.333. The Balaban J connectivity index is 2.13. The lowest BCUT2D eigenvalue weighted by Gasteiger charge is -2.26. The number of carboxylic acid groups (broad SMARTS) is 1. The quantitative estimate of drug-likeness (QED) is 0.847. The van der Waals surface area contributed by atoms with Crippen LogP contribution < -0.4 is 0 Å². The molecular weight excluding hydrogens is 286 g/mol. The summed E-state index contributed by atoms with van der Waals surface area (Å²) in [5.74, 6) is -0.135. The van der Waals surface area contributed by atoms with Gasteiger partial charge in [0.15, 0.2) is 0 Å². The minimum absolute atomic E-state index is 0.114. The van der Waals surface area contributed by atoms with Crippen LogP contribution in [-0.4, -0.2) is 50.7 Å². The lowest BCUT2D eigenvalue weighted by atomic mass is 10.2. The Bertz CT molecular complexity index is 540. The zero-order valence-electron chi connectivity index (χ0n) is 10.1. The second kappa shape index (κ2) is 6.12. The second-order valence-electron chi connectivity index (χ2n) is 4.02. The number of carboxylic acids is 1. The highest BCUT2D eigenvalue weighted by Crippen LogP contribution is 2.21. The predicted octanol–water partition coefficient (Wildman–Crippen LogP) is 1.05. The molecule has 19 heavy (non-hydrogen) atoms. The summed E-state index contributed by atoms with van der Waals surface area (Å²) in [6, 6.07) is 1.72. The van der Waals surface area contributed by atoms with Crippen LogP contribution in [0.1, 0.15) is 15.2 Å². The number of hydrogen-bond acceptors (Lipinski definition) is 4. The van der Waals surface area contributed by atoms with Crippen molar-refractivity contribution in [3.05, 3.63) is 28.0 Å². The molecule has 0 aliphatic carbocycles. The molecule has 1 fully saturated rings. The molecule has 0 aromatic carbocycles. The second-order valence-corrected chi connectivity index (χ2v) is 6.63. The van der Waals surface area contributed by atoms with E-state index in [-0.39, 0.29) is 5.91 Å². The zero-order chi connectivity index (χ0) is 13.8. The normalized spacial score (nSPS) is 16.9. The van der Waals surface area contributed by atoms with Crippen molar-refractivity contribution in [3.8, 4) is 0 Å². The van der Waals surface area contributed by atoms with Gasteiger partial charge in [-0.1, -0.05) is 0 Å². The molecule has 1 amide bonds. The van der Waals surface area contributed by atoms with Crippen LogP contribution in [0.15, 0.2) is 17.5 Å². The van der Waals surface area contributed by atoms with Crippen LogP contribution >= 0.6 is 11.3 Å². The van der Waals surface area contributed by atoms with Crippen molar-refractivity contribution >= 4 is 40.1 Å². The number of rotatable bonds is 3. The molecule has 1 saturated heterocycles. The van der Waals surface area contributed by atoms with Crippen molar-refractivity contribution in [1.29, 1.82) is 0 Å². The first-order valence-corrected chi connectivity index (χ1v) is 8.07. The van der Waals surface area contributed by atoms with Gasteiger partial charge in [-0.05, 0) is 23.1 Å². The third-order valence-corrected chi connectivity index (χ3v) is 4.95. The third kappa shape index (κ3) is 3.51. The number of thiophene rings is 1. The Morgan fingerprint density at radius 3 is 2.68 bits per heavy atom. The number of nitrogens with zero attached hydrogens (tertiary/aromatic N) is 1. The first-order chi connectivity index (χ1) is 9.08. The maximum absolute atomic E-state index is 12.3. The van der Waals surface area contributed by atoms with Crippen molar-refractivity contribution in [1.82, 2.24) is 4.90 Å². The minimum Gasteiger partial charge on any atom is -0.478 e. The number of amides is 1. The molecule has 5 nitrogen and oxygen atoms in total. The van der Waals surface area contributed by atoms with E-state index >= 15 is 0 Å². The molecule has 0 radical (unpaired) electrons. The number of carbonyl (C=O) groups is 2. The average Bonchev–Trinajstić information content (AvgIpc) is 2.84.